The Kier molecular flexibility index (Phi) is 4.99. The Morgan fingerprint density at radius 1 is 1.26 bits per heavy atom. The van der Waals surface area contributed by atoms with Crippen LogP contribution in [0.4, 0.5) is 20.2 Å². The highest BCUT2D eigenvalue weighted by atomic mass is 19.3. The highest BCUT2D eigenvalue weighted by molar-refractivity contribution is 5.98. The van der Waals surface area contributed by atoms with Gasteiger partial charge >= 0.3 is 5.92 Å². The summed E-state index contributed by atoms with van der Waals surface area (Å²) in [5, 5.41) is 14.5. The van der Waals surface area contributed by atoms with Crippen LogP contribution in [0.5, 0.6) is 0 Å². The molecule has 23 heavy (non-hydrogen) atoms. The van der Waals surface area contributed by atoms with E-state index < -0.39 is 17.4 Å². The van der Waals surface area contributed by atoms with E-state index in [9.17, 15) is 23.5 Å². The first-order valence-corrected chi connectivity index (χ1v) is 7.60. The number of rotatable bonds is 6. The highest BCUT2D eigenvalue weighted by Crippen LogP contribution is 2.44. The van der Waals surface area contributed by atoms with Gasteiger partial charge < -0.3 is 15.7 Å². The number of anilines is 2. The first-order valence-electron chi connectivity index (χ1n) is 7.60. The van der Waals surface area contributed by atoms with Gasteiger partial charge in [0.25, 0.3) is 5.91 Å². The molecule has 5 nitrogen and oxygen atoms in total. The third-order valence-electron chi connectivity index (χ3n) is 3.93. The van der Waals surface area contributed by atoms with Gasteiger partial charge in [-0.15, -0.1) is 0 Å². The van der Waals surface area contributed by atoms with Gasteiger partial charge in [0.15, 0.2) is 0 Å². The molecule has 3 N–H and O–H groups in total. The lowest BCUT2D eigenvalue weighted by molar-refractivity contribution is -0.212. The van der Waals surface area contributed by atoms with Crippen LogP contribution in [0.3, 0.4) is 0 Å². The summed E-state index contributed by atoms with van der Waals surface area (Å²) in [6.07, 6.45) is 1.31. The SMILES string of the molecule is CCCC(=O)Nc1cccc(NC(=O)C(F)(F)C2(O)CCC2)c1. The summed E-state index contributed by atoms with van der Waals surface area (Å²) < 4.78 is 28.0. The summed E-state index contributed by atoms with van der Waals surface area (Å²) >= 11 is 0. The predicted octanol–water partition coefficient (Wildman–Crippen LogP) is 2.91. The van der Waals surface area contributed by atoms with Crippen LogP contribution in [0, 0.1) is 0 Å². The molecule has 1 aliphatic carbocycles. The number of carbonyl (C=O) groups excluding carboxylic acids is 2. The predicted molar refractivity (Wildman–Crippen MR) is 82.4 cm³/mol. The molecule has 1 saturated carbocycles. The zero-order valence-electron chi connectivity index (χ0n) is 12.9. The third-order valence-corrected chi connectivity index (χ3v) is 3.93. The van der Waals surface area contributed by atoms with E-state index in [1.165, 1.54) is 18.2 Å². The van der Waals surface area contributed by atoms with Crippen molar-refractivity contribution in [2.75, 3.05) is 10.6 Å². The number of nitrogens with one attached hydrogen (secondary N) is 2. The second-order valence-electron chi connectivity index (χ2n) is 5.79. The van der Waals surface area contributed by atoms with Crippen molar-refractivity contribution < 1.29 is 23.5 Å². The lowest BCUT2D eigenvalue weighted by atomic mass is 9.75. The van der Waals surface area contributed by atoms with Crippen LogP contribution < -0.4 is 10.6 Å². The minimum atomic E-state index is -3.85. The van der Waals surface area contributed by atoms with Crippen molar-refractivity contribution in [2.45, 2.75) is 50.6 Å². The van der Waals surface area contributed by atoms with Crippen molar-refractivity contribution in [3.8, 4) is 0 Å². The zero-order valence-corrected chi connectivity index (χ0v) is 12.9. The van der Waals surface area contributed by atoms with Gasteiger partial charge in [0.05, 0.1) is 0 Å². The monoisotopic (exact) mass is 326 g/mol. The van der Waals surface area contributed by atoms with Gasteiger partial charge in [0.1, 0.15) is 5.60 Å². The molecule has 0 bridgehead atoms. The maximum atomic E-state index is 14.0. The van der Waals surface area contributed by atoms with Crippen LogP contribution in [0.1, 0.15) is 39.0 Å². The van der Waals surface area contributed by atoms with Crippen LogP contribution in [-0.4, -0.2) is 28.4 Å². The van der Waals surface area contributed by atoms with E-state index in [4.69, 9.17) is 0 Å². The molecule has 0 spiro atoms. The maximum absolute atomic E-state index is 14.0. The number of carbonyl (C=O) groups is 2. The Hall–Kier alpha value is -2.02. The second kappa shape index (κ2) is 6.62. The molecule has 1 aliphatic rings. The average molecular weight is 326 g/mol. The Morgan fingerprint density at radius 3 is 2.39 bits per heavy atom. The summed E-state index contributed by atoms with van der Waals surface area (Å²) in [5.74, 6) is -5.59. The molecule has 2 amide bonds. The van der Waals surface area contributed by atoms with Crippen LogP contribution in [-0.2, 0) is 9.59 Å². The van der Waals surface area contributed by atoms with E-state index in [-0.39, 0.29) is 24.4 Å². The van der Waals surface area contributed by atoms with Crippen molar-refractivity contribution in [1.82, 2.24) is 0 Å². The minimum Gasteiger partial charge on any atom is -0.383 e. The standard InChI is InChI=1S/C16H20F2N2O3/c1-2-5-13(21)19-11-6-3-7-12(10-11)20-14(22)16(17,18)15(23)8-4-9-15/h3,6-7,10,23H,2,4-5,8-9H2,1H3,(H,19,21)(H,20,22). The smallest absolute Gasteiger partial charge is 0.352 e. The van der Waals surface area contributed by atoms with Crippen LogP contribution in [0.15, 0.2) is 24.3 Å². The normalized spacial score (nSPS) is 16.3. The van der Waals surface area contributed by atoms with E-state index in [1.54, 1.807) is 6.07 Å². The lowest BCUT2D eigenvalue weighted by Crippen LogP contribution is -2.59. The first kappa shape index (κ1) is 17.3. The number of aliphatic hydroxyl groups is 1. The molecular formula is C16H20F2N2O3. The van der Waals surface area contributed by atoms with E-state index >= 15 is 0 Å². The largest absolute Gasteiger partial charge is 0.383 e. The number of halogens is 2. The topological polar surface area (TPSA) is 78.4 Å². The van der Waals surface area contributed by atoms with Crippen molar-refractivity contribution in [3.63, 3.8) is 0 Å². The van der Waals surface area contributed by atoms with E-state index in [1.807, 2.05) is 6.92 Å². The van der Waals surface area contributed by atoms with E-state index in [0.29, 0.717) is 24.9 Å². The summed E-state index contributed by atoms with van der Waals surface area (Å²) in [7, 11) is 0. The number of hydrogen-bond acceptors (Lipinski definition) is 3. The molecule has 0 heterocycles. The molecule has 126 valence electrons. The van der Waals surface area contributed by atoms with Crippen molar-refractivity contribution in [2.24, 2.45) is 0 Å². The molecule has 0 aromatic heterocycles. The average Bonchev–Trinajstić information content (AvgIpc) is 2.45. The van der Waals surface area contributed by atoms with Crippen LogP contribution in [0.25, 0.3) is 0 Å². The Morgan fingerprint density at radius 2 is 1.87 bits per heavy atom. The molecule has 1 fully saturated rings. The molecule has 0 aliphatic heterocycles. The minimum absolute atomic E-state index is 0.0967. The van der Waals surface area contributed by atoms with Gasteiger partial charge in [-0.25, -0.2) is 0 Å². The van der Waals surface area contributed by atoms with Crippen molar-refractivity contribution in [3.05, 3.63) is 24.3 Å². The molecule has 0 atom stereocenters. The third kappa shape index (κ3) is 3.67. The zero-order chi connectivity index (χ0) is 17.1. The summed E-state index contributed by atoms with van der Waals surface area (Å²) in [5.41, 5.74) is -1.72. The fourth-order valence-electron chi connectivity index (χ4n) is 2.37. The molecule has 2 rings (SSSR count). The lowest BCUT2D eigenvalue weighted by Gasteiger charge is -2.41. The highest BCUT2D eigenvalue weighted by Gasteiger charge is 2.61. The number of amides is 2. The fourth-order valence-corrected chi connectivity index (χ4v) is 2.37. The molecule has 7 heteroatoms. The van der Waals surface area contributed by atoms with Gasteiger partial charge in [-0.05, 0) is 43.9 Å². The van der Waals surface area contributed by atoms with Crippen molar-refractivity contribution >= 4 is 23.2 Å². The number of hydrogen-bond donors (Lipinski definition) is 3. The van der Waals surface area contributed by atoms with E-state index in [0.717, 1.165) is 0 Å². The fraction of sp³-hybridized carbons (Fsp3) is 0.500. The van der Waals surface area contributed by atoms with E-state index in [2.05, 4.69) is 10.6 Å². The maximum Gasteiger partial charge on any atom is 0.352 e. The molecule has 0 saturated heterocycles. The van der Waals surface area contributed by atoms with Crippen LogP contribution in [0.2, 0.25) is 0 Å². The quantitative estimate of drug-likeness (QED) is 0.752. The molecule has 0 unspecified atom stereocenters. The first-order chi connectivity index (χ1) is 10.8. The van der Waals surface area contributed by atoms with Gasteiger partial charge in [-0.2, -0.15) is 8.78 Å². The number of alkyl halides is 2. The van der Waals surface area contributed by atoms with Gasteiger partial charge in [-0.1, -0.05) is 13.0 Å². The van der Waals surface area contributed by atoms with Crippen molar-refractivity contribution in [1.29, 1.82) is 0 Å². The molecular weight excluding hydrogens is 306 g/mol. The summed E-state index contributed by atoms with van der Waals surface area (Å²) in [4.78, 5) is 23.3. The van der Waals surface area contributed by atoms with Gasteiger partial charge in [-0.3, -0.25) is 9.59 Å². The Bertz CT molecular complexity index is 601. The Balaban J connectivity index is 2.05. The molecule has 1 aromatic carbocycles. The Labute approximate surface area is 133 Å². The van der Waals surface area contributed by atoms with Gasteiger partial charge in [0, 0.05) is 17.8 Å². The second-order valence-corrected chi connectivity index (χ2v) is 5.79. The van der Waals surface area contributed by atoms with Crippen LogP contribution >= 0.6 is 0 Å². The van der Waals surface area contributed by atoms with Gasteiger partial charge in [0.2, 0.25) is 5.91 Å². The molecule has 1 aromatic rings. The summed E-state index contributed by atoms with van der Waals surface area (Å²) in [6, 6.07) is 5.97. The summed E-state index contributed by atoms with van der Waals surface area (Å²) in [6.45, 7) is 1.86. The molecule has 0 radical (unpaired) electrons. The number of benzene rings is 1.